The zero-order chi connectivity index (χ0) is 53.8. The Kier molecular flexibility index (Phi) is 23.4. The van der Waals surface area contributed by atoms with Crippen molar-refractivity contribution in [1.29, 1.82) is 0 Å². The van der Waals surface area contributed by atoms with Crippen LogP contribution in [-0.2, 0) is 51.5 Å². The van der Waals surface area contributed by atoms with Crippen molar-refractivity contribution in [1.82, 2.24) is 9.97 Å². The van der Waals surface area contributed by atoms with E-state index in [1.165, 1.54) is 26.8 Å². The Hall–Kier alpha value is -5.79. The molecule has 3 aromatic carbocycles. The minimum absolute atomic E-state index is 0.0277. The Bertz CT molecular complexity index is 2740. The van der Waals surface area contributed by atoms with Crippen LogP contribution in [0.2, 0.25) is 0 Å². The fourth-order valence-electron chi connectivity index (χ4n) is 8.43. The number of carbonyl (C=O) groups is 5. The van der Waals surface area contributed by atoms with Crippen molar-refractivity contribution in [3.63, 3.8) is 0 Å². The van der Waals surface area contributed by atoms with Gasteiger partial charge in [0.25, 0.3) is 0 Å². The minimum Gasteiger partial charge on any atom is -0.512 e. The SMILES string of the molecule is CCc1cc(C)cc[c]1[Pb]([O]C(C)=O)([O]C(C)=O)[O]C(C)=O.CCc1cc(OCc2ccccc2)ccc1C1=C(O)CC(CCSc2ccc(C)cn2)CC1=O.Cc1ccc(SCCC2CC(=O)C=C(O)C2)nc1. The number of allylic oxidation sites excluding steroid dienone is 4. The Labute approximate surface area is 450 Å². The van der Waals surface area contributed by atoms with E-state index in [0.717, 1.165) is 85.5 Å². The maximum atomic E-state index is 13.1. The smallest absolute Gasteiger partial charge is 0.167 e. The number of thioether (sulfide) groups is 2. The molecule has 2 aromatic heterocycles. The van der Waals surface area contributed by atoms with E-state index in [-0.39, 0.29) is 34.9 Å². The van der Waals surface area contributed by atoms with Crippen LogP contribution in [-0.4, -0.2) is 83.7 Å². The second-order valence-corrected chi connectivity index (χ2v) is 29.3. The first-order chi connectivity index (χ1) is 35.4. The first-order valence-corrected chi connectivity index (χ1v) is 33.5. The van der Waals surface area contributed by atoms with Gasteiger partial charge in [0.05, 0.1) is 21.4 Å². The largest absolute Gasteiger partial charge is 0.512 e. The van der Waals surface area contributed by atoms with Crippen LogP contribution in [0.15, 0.2) is 131 Å². The summed E-state index contributed by atoms with van der Waals surface area (Å²) >= 11 is -1.67. The van der Waals surface area contributed by atoms with Gasteiger partial charge in [-0.15, -0.1) is 23.5 Å². The molecule has 13 nitrogen and oxygen atoms in total. The van der Waals surface area contributed by atoms with E-state index in [1.807, 2.05) is 113 Å². The molecular weight excluding hydrogens is 1170 g/mol. The number of pyridine rings is 2. The number of hydrogen-bond donors (Lipinski definition) is 2. The summed E-state index contributed by atoms with van der Waals surface area (Å²) in [6, 6.07) is 29.4. The maximum absolute atomic E-state index is 13.1. The standard InChI is InChI=1S/C29H31NO3S.C14H17NO2S.C9H11.3C2H4O2.Pb/c1-3-23-17-24(33-19-21-7-5-4-6-8-21)10-11-25(23)29-26(31)15-22(16-27(29)32)13-14-34-28-12-9-20(2)18-30-28;1-10-2-3-14(15-9-10)18-5-4-11-6-12(16)8-13(17)7-11;1-3-9-6-4-5-8(2)7-9;3*1-2(3)4;/h4-12,17-18,22,31H,3,13-16,19H2,1-2H3;2-3,8-9,11,16H,4-7H2,1H3;4-5,7H,3H2,1-2H3;3*1H3,(H,3,4);/q;;;;;;+3/p-3. The van der Waals surface area contributed by atoms with Gasteiger partial charge in [-0.1, -0.05) is 55.5 Å². The number of aryl methyl sites for hydroxylation is 5. The quantitative estimate of drug-likeness (QED) is 0.0622. The number of ether oxygens (including phenoxy) is 1. The van der Waals surface area contributed by atoms with Crippen LogP contribution in [0.4, 0.5) is 0 Å². The fraction of sp³-hybridized carbons (Fsp3) is 0.362. The van der Waals surface area contributed by atoms with Gasteiger partial charge in [0.2, 0.25) is 0 Å². The third-order valence-corrected chi connectivity index (χ3v) is 24.8. The van der Waals surface area contributed by atoms with Gasteiger partial charge in [0, 0.05) is 44.2 Å². The summed E-state index contributed by atoms with van der Waals surface area (Å²) in [5.41, 5.74) is 7.58. The van der Waals surface area contributed by atoms with Crippen LogP contribution in [0.5, 0.6) is 5.75 Å². The minimum atomic E-state index is -5.07. The second-order valence-electron chi connectivity index (χ2n) is 18.3. The Morgan fingerprint density at radius 2 is 1.20 bits per heavy atom. The van der Waals surface area contributed by atoms with E-state index in [4.69, 9.17) is 12.8 Å². The van der Waals surface area contributed by atoms with Gasteiger partial charge in [0.15, 0.2) is 11.6 Å². The monoisotopic (exact) mass is 1240 g/mol. The number of carbonyl (C=O) groups excluding carboxylic acids is 5. The van der Waals surface area contributed by atoms with Gasteiger partial charge in [0.1, 0.15) is 18.1 Å². The second kappa shape index (κ2) is 29.3. The number of ketones is 2. The van der Waals surface area contributed by atoms with E-state index in [1.54, 1.807) is 35.7 Å². The van der Waals surface area contributed by atoms with Crippen LogP contribution in [0, 0.1) is 32.6 Å². The van der Waals surface area contributed by atoms with Crippen molar-refractivity contribution in [3.05, 3.63) is 160 Å². The van der Waals surface area contributed by atoms with Crippen LogP contribution < -0.4 is 7.86 Å². The van der Waals surface area contributed by atoms with Gasteiger partial charge >= 0.3 is 136 Å². The molecule has 5 aromatic rings. The van der Waals surface area contributed by atoms with E-state index in [9.17, 15) is 34.2 Å². The van der Waals surface area contributed by atoms with Crippen molar-refractivity contribution in [2.75, 3.05) is 11.5 Å². The van der Waals surface area contributed by atoms with Gasteiger partial charge in [-0.05, 0) is 109 Å². The predicted octanol–water partition coefficient (Wildman–Crippen LogP) is 11.6. The van der Waals surface area contributed by atoms with Crippen molar-refractivity contribution in [2.24, 2.45) is 11.8 Å². The van der Waals surface area contributed by atoms with Gasteiger partial charge in [-0.3, -0.25) is 9.59 Å². The van der Waals surface area contributed by atoms with Crippen molar-refractivity contribution < 1.29 is 47.0 Å². The number of aliphatic hydroxyl groups is 2. The summed E-state index contributed by atoms with van der Waals surface area (Å²) in [5.74, 6) is 1.60. The fourth-order valence-corrected chi connectivity index (χ4v) is 20.1. The van der Waals surface area contributed by atoms with E-state index in [2.05, 4.69) is 23.0 Å². The summed E-state index contributed by atoms with van der Waals surface area (Å²) in [5, 5.41) is 22.3. The molecule has 0 bridgehead atoms. The zero-order valence-electron chi connectivity index (χ0n) is 43.6. The molecule has 0 fully saturated rings. The zero-order valence-corrected chi connectivity index (χ0v) is 49.1. The number of aliphatic hydroxyl groups excluding tert-OH is 2. The first kappa shape index (κ1) is 59.1. The molecule has 0 radical (unpaired) electrons. The van der Waals surface area contributed by atoms with E-state index >= 15 is 0 Å². The van der Waals surface area contributed by atoms with Crippen molar-refractivity contribution >= 4 is 84.2 Å². The number of benzene rings is 3. The van der Waals surface area contributed by atoms with Crippen LogP contribution in [0.3, 0.4) is 0 Å². The summed E-state index contributed by atoms with van der Waals surface area (Å²) in [7, 11) is 0. The van der Waals surface area contributed by atoms with Crippen LogP contribution in [0.25, 0.3) is 5.57 Å². The average molecular weight is 1240 g/mol. The average Bonchev–Trinajstić information content (AvgIpc) is 3.34. The molecule has 2 unspecified atom stereocenters. The van der Waals surface area contributed by atoms with E-state index < -0.39 is 40.4 Å². The third kappa shape index (κ3) is 18.9. The van der Waals surface area contributed by atoms with E-state index in [0.29, 0.717) is 47.4 Å². The number of rotatable bonds is 18. The topological polar surface area (TPSA) is 189 Å². The molecule has 2 atom stereocenters. The summed E-state index contributed by atoms with van der Waals surface area (Å²) in [6.45, 7) is 14.0. The summed E-state index contributed by atoms with van der Waals surface area (Å²) in [6.07, 6.45) is 10.5. The van der Waals surface area contributed by atoms with Crippen molar-refractivity contribution in [3.8, 4) is 5.75 Å². The Morgan fingerprint density at radius 3 is 1.70 bits per heavy atom. The third-order valence-electron chi connectivity index (χ3n) is 11.9. The number of hydrogen-bond acceptors (Lipinski definition) is 15. The molecule has 0 saturated carbocycles. The van der Waals surface area contributed by atoms with Gasteiger partial charge in [-0.25, -0.2) is 9.97 Å². The summed E-state index contributed by atoms with van der Waals surface area (Å²) in [4.78, 5) is 67.7. The normalized spacial score (nSPS) is 15.4. The summed E-state index contributed by atoms with van der Waals surface area (Å²) < 4.78 is 22.5. The molecule has 16 heteroatoms. The molecule has 0 saturated heterocycles. The van der Waals surface area contributed by atoms with Crippen LogP contribution >= 0.6 is 23.5 Å². The predicted molar refractivity (Wildman–Crippen MR) is 292 cm³/mol. The van der Waals surface area contributed by atoms with Gasteiger partial charge < -0.3 is 14.9 Å². The number of aromatic nitrogens is 2. The molecule has 0 amide bonds. The Morgan fingerprint density at radius 1 is 0.649 bits per heavy atom. The molecular formula is C58H68N2O11PbS2. The van der Waals surface area contributed by atoms with Crippen LogP contribution in [0.1, 0.15) is 112 Å². The molecule has 2 heterocycles. The number of Topliss-reactive ketones (excluding diaryl/α,β-unsaturated/α-hetero) is 1. The molecule has 392 valence electrons. The Balaban J connectivity index is 0.000000219. The first-order valence-electron chi connectivity index (χ1n) is 24.8. The van der Waals surface area contributed by atoms with Gasteiger partial charge in [-0.2, -0.15) is 0 Å². The van der Waals surface area contributed by atoms with Crippen molar-refractivity contribution in [2.45, 2.75) is 123 Å². The molecule has 2 aliphatic carbocycles. The molecule has 0 spiro atoms. The molecule has 2 aliphatic rings. The number of nitrogens with zero attached hydrogens (tertiary/aromatic N) is 2. The molecule has 7 rings (SSSR count). The molecule has 74 heavy (non-hydrogen) atoms. The molecule has 0 aliphatic heterocycles. The maximum Gasteiger partial charge on any atom is 0.167 e. The molecule has 2 N–H and O–H groups in total.